The number of aromatic nitrogens is 2. The lowest BCUT2D eigenvalue weighted by molar-refractivity contribution is -0.255. The number of carbonyl (C=O) groups excluding carboxylic acids is 1. The summed E-state index contributed by atoms with van der Waals surface area (Å²) in [7, 11) is 3.00. The topological polar surface area (TPSA) is 128 Å². The molecule has 0 radical (unpaired) electrons. The van der Waals surface area contributed by atoms with Crippen molar-refractivity contribution in [1.82, 2.24) is 9.97 Å². The molecule has 0 amide bonds. The minimum atomic E-state index is -1.24. The monoisotopic (exact) mass is 422 g/mol. The predicted octanol–water partition coefficient (Wildman–Crippen LogP) is 1.98. The van der Waals surface area contributed by atoms with E-state index in [1.54, 1.807) is 30.3 Å². The summed E-state index contributed by atoms with van der Waals surface area (Å²) >= 11 is 1.25. The number of benzene rings is 2. The molecule has 0 bridgehead atoms. The molecule has 8 nitrogen and oxygen atoms in total. The Morgan fingerprint density at radius 1 is 1.17 bits per heavy atom. The fourth-order valence-corrected chi connectivity index (χ4v) is 3.52. The van der Waals surface area contributed by atoms with Gasteiger partial charge in [0.15, 0.2) is 16.7 Å². The number of H-pyrrole nitrogens is 1. The summed E-state index contributed by atoms with van der Waals surface area (Å²) in [6, 6.07) is 13.1. The zero-order valence-corrected chi connectivity index (χ0v) is 16.9. The van der Waals surface area contributed by atoms with E-state index < -0.39 is 11.5 Å². The molecular weight excluding hydrogens is 406 g/mol. The van der Waals surface area contributed by atoms with Gasteiger partial charge in [0.05, 0.1) is 25.9 Å². The number of rotatable bonds is 7. The minimum absolute atomic E-state index is 0.0874. The maximum absolute atomic E-state index is 12.4. The lowest BCUT2D eigenvalue weighted by Crippen LogP contribution is -2.21. The largest absolute Gasteiger partial charge is 0.545 e. The number of carbonyl (C=O) groups is 1. The number of ether oxygens (including phenoxy) is 2. The first kappa shape index (κ1) is 21.0. The van der Waals surface area contributed by atoms with E-state index in [1.807, 2.05) is 6.07 Å². The molecule has 0 aliphatic rings. The van der Waals surface area contributed by atoms with Crippen molar-refractivity contribution in [2.45, 2.75) is 10.9 Å². The van der Waals surface area contributed by atoms with E-state index >= 15 is 0 Å². The van der Waals surface area contributed by atoms with Crippen LogP contribution in [0.5, 0.6) is 11.5 Å². The Balaban J connectivity index is 1.93. The summed E-state index contributed by atoms with van der Waals surface area (Å²) in [6.45, 7) is 0. The van der Waals surface area contributed by atoms with Crippen LogP contribution in [0, 0.1) is 11.3 Å². The van der Waals surface area contributed by atoms with E-state index in [-0.39, 0.29) is 16.8 Å². The van der Waals surface area contributed by atoms with E-state index in [9.17, 15) is 20.0 Å². The molecule has 0 saturated carbocycles. The number of carboxylic acid groups (broad SMARTS) is 1. The number of nitriles is 1. The molecule has 30 heavy (non-hydrogen) atoms. The van der Waals surface area contributed by atoms with Crippen LogP contribution in [-0.4, -0.2) is 30.2 Å². The molecule has 0 fully saturated rings. The van der Waals surface area contributed by atoms with Gasteiger partial charge in [0.2, 0.25) is 0 Å². The first-order valence-electron chi connectivity index (χ1n) is 8.66. The van der Waals surface area contributed by atoms with Gasteiger partial charge in [-0.1, -0.05) is 36.0 Å². The van der Waals surface area contributed by atoms with Gasteiger partial charge in [-0.15, -0.1) is 0 Å². The number of nitrogens with one attached hydrogen (secondary N) is 1. The van der Waals surface area contributed by atoms with Crippen LogP contribution >= 0.6 is 11.8 Å². The average molecular weight is 422 g/mol. The third-order valence-electron chi connectivity index (χ3n) is 4.23. The Hall–Kier alpha value is -3.77. The van der Waals surface area contributed by atoms with Crippen molar-refractivity contribution >= 4 is 17.7 Å². The minimum Gasteiger partial charge on any atom is -0.545 e. The Morgan fingerprint density at radius 3 is 2.47 bits per heavy atom. The molecule has 3 rings (SSSR count). The fraction of sp³-hybridized carbons (Fsp3) is 0.143. The zero-order chi connectivity index (χ0) is 21.7. The normalized spacial score (nSPS) is 10.3. The molecule has 0 unspecified atom stereocenters. The summed E-state index contributed by atoms with van der Waals surface area (Å²) in [5.74, 6) is 0.155. The lowest BCUT2D eigenvalue weighted by atomic mass is 10.1. The molecule has 1 N–H and O–H groups in total. The van der Waals surface area contributed by atoms with Crippen LogP contribution in [0.1, 0.15) is 21.5 Å². The van der Waals surface area contributed by atoms with Gasteiger partial charge in [-0.3, -0.25) is 4.79 Å². The smallest absolute Gasteiger partial charge is 0.270 e. The molecule has 152 valence electrons. The van der Waals surface area contributed by atoms with Gasteiger partial charge in [-0.05, 0) is 29.3 Å². The second kappa shape index (κ2) is 9.15. The second-order valence-electron chi connectivity index (χ2n) is 6.05. The molecule has 0 aliphatic heterocycles. The van der Waals surface area contributed by atoms with Gasteiger partial charge in [0.1, 0.15) is 11.6 Å². The average Bonchev–Trinajstić information content (AvgIpc) is 2.77. The van der Waals surface area contributed by atoms with Crippen molar-refractivity contribution in [2.24, 2.45) is 0 Å². The van der Waals surface area contributed by atoms with Crippen LogP contribution < -0.4 is 20.1 Å². The number of methoxy groups -OCH3 is 2. The van der Waals surface area contributed by atoms with Gasteiger partial charge in [-0.2, -0.15) is 5.26 Å². The van der Waals surface area contributed by atoms with Crippen LogP contribution in [0.25, 0.3) is 11.3 Å². The SMILES string of the molecule is COc1ccc(-c2nc(SCc3ccc(C(=O)[O-])cc3)[nH]c(=O)c2C#N)cc1OC. The number of hydrogen-bond acceptors (Lipinski definition) is 8. The van der Waals surface area contributed by atoms with Crippen molar-refractivity contribution in [3.63, 3.8) is 0 Å². The summed E-state index contributed by atoms with van der Waals surface area (Å²) in [6.07, 6.45) is 0. The third kappa shape index (κ3) is 4.45. The number of aromatic carboxylic acids is 1. The van der Waals surface area contributed by atoms with Crippen molar-refractivity contribution in [2.75, 3.05) is 14.2 Å². The van der Waals surface area contributed by atoms with Crippen LogP contribution in [0.15, 0.2) is 52.4 Å². The standard InChI is InChI=1S/C21H17N3O5S/c1-28-16-8-7-14(9-17(16)29-2)18-15(10-22)19(25)24-21(23-18)30-11-12-3-5-13(6-4-12)20(26)27/h3-9H,11H2,1-2H3,(H,26,27)(H,23,24,25)/p-1. The van der Waals surface area contributed by atoms with E-state index in [4.69, 9.17) is 9.47 Å². The van der Waals surface area contributed by atoms with Crippen molar-refractivity contribution < 1.29 is 19.4 Å². The summed E-state index contributed by atoms with van der Waals surface area (Å²) < 4.78 is 10.5. The highest BCUT2D eigenvalue weighted by molar-refractivity contribution is 7.98. The van der Waals surface area contributed by atoms with Crippen LogP contribution in [0.4, 0.5) is 0 Å². The van der Waals surface area contributed by atoms with Crippen molar-refractivity contribution in [3.05, 3.63) is 69.5 Å². The van der Waals surface area contributed by atoms with E-state index in [2.05, 4.69) is 9.97 Å². The highest BCUT2D eigenvalue weighted by Gasteiger charge is 2.16. The number of hydrogen-bond donors (Lipinski definition) is 1. The first-order chi connectivity index (χ1) is 14.5. The second-order valence-corrected chi connectivity index (χ2v) is 7.01. The molecule has 2 aromatic carbocycles. The first-order valence-corrected chi connectivity index (χ1v) is 9.65. The quantitative estimate of drug-likeness (QED) is 0.452. The van der Waals surface area contributed by atoms with Gasteiger partial charge < -0.3 is 24.4 Å². The molecular formula is C21H16N3O5S-. The maximum Gasteiger partial charge on any atom is 0.270 e. The lowest BCUT2D eigenvalue weighted by Gasteiger charge is -2.11. The molecule has 9 heteroatoms. The van der Waals surface area contributed by atoms with Crippen LogP contribution in [-0.2, 0) is 5.75 Å². The third-order valence-corrected chi connectivity index (χ3v) is 5.18. The molecule has 1 aromatic heterocycles. The molecule has 0 aliphatic carbocycles. The van der Waals surface area contributed by atoms with Crippen molar-refractivity contribution in [3.8, 4) is 28.8 Å². The number of aromatic amines is 1. The number of carboxylic acids is 1. The maximum atomic E-state index is 12.4. The molecule has 0 spiro atoms. The van der Waals surface area contributed by atoms with Crippen LogP contribution in [0.2, 0.25) is 0 Å². The number of thioether (sulfide) groups is 1. The Morgan fingerprint density at radius 2 is 1.87 bits per heavy atom. The molecule has 3 aromatic rings. The van der Waals surface area contributed by atoms with Crippen LogP contribution in [0.3, 0.4) is 0 Å². The van der Waals surface area contributed by atoms with E-state index in [0.717, 1.165) is 5.56 Å². The van der Waals surface area contributed by atoms with Crippen molar-refractivity contribution in [1.29, 1.82) is 5.26 Å². The van der Waals surface area contributed by atoms with Gasteiger partial charge >= 0.3 is 0 Å². The number of nitrogens with zero attached hydrogens (tertiary/aromatic N) is 2. The Bertz CT molecular complexity index is 1180. The fourth-order valence-electron chi connectivity index (χ4n) is 2.71. The summed E-state index contributed by atoms with van der Waals surface area (Å²) in [5, 5.41) is 20.6. The molecule has 0 saturated heterocycles. The molecule has 1 heterocycles. The van der Waals surface area contributed by atoms with Gasteiger partial charge in [0, 0.05) is 11.3 Å². The highest BCUT2D eigenvalue weighted by atomic mass is 32.2. The van der Waals surface area contributed by atoms with Gasteiger partial charge in [-0.25, -0.2) is 4.98 Å². The molecule has 0 atom stereocenters. The highest BCUT2D eigenvalue weighted by Crippen LogP contribution is 2.33. The van der Waals surface area contributed by atoms with E-state index in [1.165, 1.54) is 38.1 Å². The zero-order valence-electron chi connectivity index (χ0n) is 16.1. The van der Waals surface area contributed by atoms with E-state index in [0.29, 0.717) is 28.0 Å². The predicted molar refractivity (Wildman–Crippen MR) is 108 cm³/mol. The summed E-state index contributed by atoms with van der Waals surface area (Å²) in [4.78, 5) is 30.3. The Kier molecular flexibility index (Phi) is 6.39. The van der Waals surface area contributed by atoms with Gasteiger partial charge in [0.25, 0.3) is 5.56 Å². The summed E-state index contributed by atoms with van der Waals surface area (Å²) in [5.41, 5.74) is 1.04. The Labute approximate surface area is 176 Å².